The predicted octanol–water partition coefficient (Wildman–Crippen LogP) is 5.07. The van der Waals surface area contributed by atoms with Crippen molar-refractivity contribution >= 4 is 25.7 Å². The zero-order valence-corrected chi connectivity index (χ0v) is 24.5. The largest absolute Gasteiger partial charge is 0.413 e. The first-order valence-electron chi connectivity index (χ1n) is 11.6. The molecule has 0 radical (unpaired) electrons. The lowest BCUT2D eigenvalue weighted by Gasteiger charge is -2.54. The van der Waals surface area contributed by atoms with Crippen molar-refractivity contribution in [2.75, 3.05) is 19.8 Å². The summed E-state index contributed by atoms with van der Waals surface area (Å²) in [5.74, 6) is 1.37. The molecular formula is C21H48O6Si3. The molecule has 3 unspecified atom stereocenters. The summed E-state index contributed by atoms with van der Waals surface area (Å²) >= 11 is 0. The van der Waals surface area contributed by atoms with Crippen molar-refractivity contribution in [3.8, 4) is 0 Å². The van der Waals surface area contributed by atoms with E-state index in [2.05, 4.69) is 82.0 Å². The SMILES string of the molecule is CC(C)COC(C)[Si]1(C)O[Si](C)(C(C)OCC(C)C)O[Si](C)(C(C)OCC(C)C)O1. The Morgan fingerprint density at radius 3 is 0.833 bits per heavy atom. The molecule has 1 saturated heterocycles. The maximum Gasteiger partial charge on any atom is 0.347 e. The van der Waals surface area contributed by atoms with E-state index in [0.29, 0.717) is 37.6 Å². The Morgan fingerprint density at radius 2 is 0.667 bits per heavy atom. The highest BCUT2D eigenvalue weighted by molar-refractivity contribution is 6.94. The highest BCUT2D eigenvalue weighted by Gasteiger charge is 2.63. The van der Waals surface area contributed by atoms with Crippen LogP contribution in [0.5, 0.6) is 0 Å². The fraction of sp³-hybridized carbons (Fsp3) is 1.00. The van der Waals surface area contributed by atoms with Crippen LogP contribution in [-0.2, 0) is 26.6 Å². The van der Waals surface area contributed by atoms with Gasteiger partial charge in [-0.2, -0.15) is 0 Å². The van der Waals surface area contributed by atoms with E-state index in [1.165, 1.54) is 0 Å². The Kier molecular flexibility index (Phi) is 10.9. The first-order valence-corrected chi connectivity index (χ1v) is 18.8. The van der Waals surface area contributed by atoms with Gasteiger partial charge in [-0.1, -0.05) is 41.5 Å². The summed E-state index contributed by atoms with van der Waals surface area (Å²) in [5.41, 5.74) is -0.300. The Hall–Kier alpha value is 0.411. The van der Waals surface area contributed by atoms with Crippen LogP contribution >= 0.6 is 0 Å². The molecule has 0 amide bonds. The van der Waals surface area contributed by atoms with Crippen molar-refractivity contribution in [3.05, 3.63) is 0 Å². The summed E-state index contributed by atoms with van der Waals surface area (Å²) in [6, 6.07) is 0. The van der Waals surface area contributed by atoms with Crippen LogP contribution in [-0.4, -0.2) is 62.7 Å². The third kappa shape index (κ3) is 8.08. The molecule has 0 saturated carbocycles. The molecule has 1 aliphatic heterocycles. The van der Waals surface area contributed by atoms with Gasteiger partial charge in [0.25, 0.3) is 0 Å². The second kappa shape index (κ2) is 11.5. The maximum atomic E-state index is 6.78. The summed E-state index contributed by atoms with van der Waals surface area (Å²) in [5, 5.41) is 0. The smallest absolute Gasteiger partial charge is 0.347 e. The van der Waals surface area contributed by atoms with Gasteiger partial charge in [-0.25, -0.2) is 0 Å². The molecule has 1 heterocycles. The van der Waals surface area contributed by atoms with Crippen LogP contribution in [0.3, 0.4) is 0 Å². The number of hydrogen-bond donors (Lipinski definition) is 0. The molecular weight excluding hydrogens is 432 g/mol. The van der Waals surface area contributed by atoms with Crippen LogP contribution in [0.25, 0.3) is 0 Å². The van der Waals surface area contributed by atoms with Crippen molar-refractivity contribution in [2.24, 2.45) is 17.8 Å². The molecule has 0 spiro atoms. The normalized spacial score (nSPS) is 33.3. The molecule has 6 nitrogen and oxygen atoms in total. The highest BCUT2D eigenvalue weighted by Crippen LogP contribution is 2.38. The molecule has 1 aliphatic rings. The molecule has 9 heteroatoms. The fourth-order valence-corrected chi connectivity index (χ4v) is 19.7. The average Bonchev–Trinajstić information content (AvgIpc) is 2.60. The quantitative estimate of drug-likeness (QED) is 0.364. The van der Waals surface area contributed by atoms with Crippen LogP contribution in [0, 0.1) is 17.8 Å². The van der Waals surface area contributed by atoms with E-state index in [9.17, 15) is 0 Å². The van der Waals surface area contributed by atoms with Crippen LogP contribution in [0.1, 0.15) is 62.3 Å². The minimum absolute atomic E-state index is 0.1000. The highest BCUT2D eigenvalue weighted by atomic mass is 28.5. The molecule has 30 heavy (non-hydrogen) atoms. The minimum Gasteiger partial charge on any atom is -0.413 e. The fourth-order valence-electron chi connectivity index (χ4n) is 3.23. The lowest BCUT2D eigenvalue weighted by Crippen LogP contribution is -2.76. The predicted molar refractivity (Wildman–Crippen MR) is 129 cm³/mol. The van der Waals surface area contributed by atoms with Gasteiger partial charge in [-0.3, -0.25) is 0 Å². The number of hydrogen-bond acceptors (Lipinski definition) is 6. The molecule has 3 atom stereocenters. The van der Waals surface area contributed by atoms with Gasteiger partial charge in [0, 0.05) is 19.8 Å². The third-order valence-electron chi connectivity index (χ3n) is 5.47. The summed E-state index contributed by atoms with van der Waals surface area (Å²) in [7, 11) is -8.10. The molecule has 0 aromatic carbocycles. The van der Waals surface area contributed by atoms with E-state index in [-0.39, 0.29) is 17.2 Å². The molecule has 0 aromatic heterocycles. The number of ether oxygens (including phenoxy) is 3. The van der Waals surface area contributed by atoms with E-state index >= 15 is 0 Å². The summed E-state index contributed by atoms with van der Waals surface area (Å²) in [4.78, 5) is 0. The van der Waals surface area contributed by atoms with Gasteiger partial charge in [-0.05, 0) is 58.2 Å². The maximum absolute atomic E-state index is 6.78. The molecule has 1 fully saturated rings. The second-order valence-electron chi connectivity index (χ2n) is 10.5. The van der Waals surface area contributed by atoms with Gasteiger partial charge in [0.05, 0.1) is 17.2 Å². The van der Waals surface area contributed by atoms with Gasteiger partial charge in [-0.15, -0.1) is 0 Å². The Morgan fingerprint density at radius 1 is 0.467 bits per heavy atom. The van der Waals surface area contributed by atoms with Gasteiger partial charge >= 0.3 is 25.7 Å². The summed E-state index contributed by atoms with van der Waals surface area (Å²) in [6.07, 6.45) is 0. The molecule has 0 bridgehead atoms. The lowest BCUT2D eigenvalue weighted by molar-refractivity contribution is 0.0200. The van der Waals surface area contributed by atoms with Gasteiger partial charge < -0.3 is 26.6 Å². The Bertz CT molecular complexity index is 440. The van der Waals surface area contributed by atoms with Gasteiger partial charge in [0.15, 0.2) is 0 Å². The first-order chi connectivity index (χ1) is 13.6. The van der Waals surface area contributed by atoms with Crippen molar-refractivity contribution in [2.45, 2.75) is 99.1 Å². The monoisotopic (exact) mass is 480 g/mol. The van der Waals surface area contributed by atoms with Crippen LogP contribution in [0.4, 0.5) is 0 Å². The van der Waals surface area contributed by atoms with Gasteiger partial charge in [0.2, 0.25) is 0 Å². The zero-order valence-electron chi connectivity index (χ0n) is 21.5. The van der Waals surface area contributed by atoms with Crippen molar-refractivity contribution in [1.29, 1.82) is 0 Å². The molecule has 0 aromatic rings. The average molecular weight is 481 g/mol. The van der Waals surface area contributed by atoms with Crippen molar-refractivity contribution in [3.63, 3.8) is 0 Å². The third-order valence-corrected chi connectivity index (χ3v) is 20.1. The second-order valence-corrected chi connectivity index (χ2v) is 21.4. The summed E-state index contributed by atoms with van der Waals surface area (Å²) in [6.45, 7) is 27.6. The lowest BCUT2D eigenvalue weighted by atomic mass is 10.2. The molecule has 1 rings (SSSR count). The number of rotatable bonds is 12. The standard InChI is InChI=1S/C21H48O6Si3/c1-16(2)13-22-19(7)28(10)25-29(11,20(8)23-14-17(3)4)27-30(12,26-28)21(9)24-15-18(5)6/h16-21H,13-15H2,1-12H3. The van der Waals surface area contributed by atoms with Crippen LogP contribution < -0.4 is 0 Å². The Balaban J connectivity index is 3.17. The van der Waals surface area contributed by atoms with Crippen LogP contribution in [0.2, 0.25) is 19.6 Å². The van der Waals surface area contributed by atoms with E-state index < -0.39 is 25.7 Å². The zero-order chi connectivity index (χ0) is 23.3. The van der Waals surface area contributed by atoms with Crippen molar-refractivity contribution in [1.82, 2.24) is 0 Å². The molecule has 180 valence electrons. The minimum atomic E-state index is -2.70. The molecule has 0 aliphatic carbocycles. The summed E-state index contributed by atoms with van der Waals surface area (Å²) < 4.78 is 39.0. The Labute approximate surface area is 189 Å². The molecule has 0 N–H and O–H groups in total. The van der Waals surface area contributed by atoms with E-state index in [1.54, 1.807) is 0 Å². The van der Waals surface area contributed by atoms with Gasteiger partial charge in [0.1, 0.15) is 0 Å². The van der Waals surface area contributed by atoms with Crippen molar-refractivity contribution < 1.29 is 26.6 Å². The van der Waals surface area contributed by atoms with Crippen LogP contribution in [0.15, 0.2) is 0 Å². The first kappa shape index (κ1) is 28.4. The van der Waals surface area contributed by atoms with E-state index in [1.807, 2.05) is 0 Å². The topological polar surface area (TPSA) is 55.4 Å². The van der Waals surface area contributed by atoms with E-state index in [0.717, 1.165) is 0 Å². The van der Waals surface area contributed by atoms with E-state index in [4.69, 9.17) is 26.6 Å².